The Balaban J connectivity index is 1.51. The fraction of sp³-hybridized carbons (Fsp3) is 0.421. The van der Waals surface area contributed by atoms with Gasteiger partial charge >= 0.3 is 0 Å². The quantitative estimate of drug-likeness (QED) is 0.688. The van der Waals surface area contributed by atoms with Gasteiger partial charge in [0, 0.05) is 36.5 Å². The highest BCUT2D eigenvalue weighted by molar-refractivity contribution is 6.42. The van der Waals surface area contributed by atoms with Crippen LogP contribution in [0.5, 0.6) is 0 Å². The van der Waals surface area contributed by atoms with E-state index in [0.29, 0.717) is 27.6 Å². The molecule has 0 atom stereocenters. The van der Waals surface area contributed by atoms with E-state index in [2.05, 4.69) is 25.9 Å². The second-order valence-corrected chi connectivity index (χ2v) is 7.58. The summed E-state index contributed by atoms with van der Waals surface area (Å²) >= 11 is 11.9. The molecule has 0 spiro atoms. The van der Waals surface area contributed by atoms with E-state index in [4.69, 9.17) is 23.2 Å². The van der Waals surface area contributed by atoms with Crippen LogP contribution in [-0.2, 0) is 0 Å². The third kappa shape index (κ3) is 5.02. The van der Waals surface area contributed by atoms with Crippen molar-refractivity contribution in [2.75, 3.05) is 17.7 Å². The highest BCUT2D eigenvalue weighted by atomic mass is 35.5. The van der Waals surface area contributed by atoms with E-state index in [0.717, 1.165) is 37.1 Å². The molecule has 1 amide bonds. The summed E-state index contributed by atoms with van der Waals surface area (Å²) in [6.45, 7) is 1.97. The van der Waals surface area contributed by atoms with Gasteiger partial charge in [-0.15, -0.1) is 0 Å². The van der Waals surface area contributed by atoms with E-state index >= 15 is 0 Å². The Morgan fingerprint density at radius 3 is 2.48 bits per heavy atom. The fourth-order valence-electron chi connectivity index (χ4n) is 3.24. The molecule has 0 saturated heterocycles. The van der Waals surface area contributed by atoms with E-state index < -0.39 is 0 Å². The Morgan fingerprint density at radius 1 is 1.11 bits per heavy atom. The van der Waals surface area contributed by atoms with Crippen molar-refractivity contribution in [1.29, 1.82) is 0 Å². The average Bonchev–Trinajstić information content (AvgIpc) is 2.67. The highest BCUT2D eigenvalue weighted by Crippen LogP contribution is 2.24. The standard InChI is InChI=1S/C19H23Cl2N5O/c1-11-10-23-19(26-17(11)22-2)25-14-6-4-13(5-7-14)24-18(27)12-3-8-15(20)16(21)9-12/h3,8-10,13-14H,4-7H2,1-2H3,(H,24,27)(H2,22,23,25,26). The van der Waals surface area contributed by atoms with Gasteiger partial charge in [0.1, 0.15) is 5.82 Å². The lowest BCUT2D eigenvalue weighted by Gasteiger charge is -2.29. The van der Waals surface area contributed by atoms with Crippen molar-refractivity contribution < 1.29 is 4.79 Å². The van der Waals surface area contributed by atoms with Crippen LogP contribution in [0.4, 0.5) is 11.8 Å². The minimum Gasteiger partial charge on any atom is -0.373 e. The Morgan fingerprint density at radius 2 is 1.81 bits per heavy atom. The molecule has 1 saturated carbocycles. The molecule has 0 bridgehead atoms. The number of carbonyl (C=O) groups is 1. The van der Waals surface area contributed by atoms with Gasteiger partial charge in [-0.25, -0.2) is 4.98 Å². The van der Waals surface area contributed by atoms with Crippen molar-refractivity contribution in [3.8, 4) is 0 Å². The summed E-state index contributed by atoms with van der Waals surface area (Å²) < 4.78 is 0. The van der Waals surface area contributed by atoms with Gasteiger partial charge in [-0.1, -0.05) is 23.2 Å². The van der Waals surface area contributed by atoms with Crippen molar-refractivity contribution >= 4 is 40.9 Å². The van der Waals surface area contributed by atoms with Crippen molar-refractivity contribution in [2.24, 2.45) is 0 Å². The number of anilines is 2. The van der Waals surface area contributed by atoms with Gasteiger partial charge in [-0.3, -0.25) is 4.79 Å². The second-order valence-electron chi connectivity index (χ2n) is 6.77. The molecule has 3 rings (SSSR count). The smallest absolute Gasteiger partial charge is 0.251 e. The number of hydrogen-bond donors (Lipinski definition) is 3. The highest BCUT2D eigenvalue weighted by Gasteiger charge is 2.23. The lowest BCUT2D eigenvalue weighted by Crippen LogP contribution is -2.40. The number of aromatic nitrogens is 2. The number of aryl methyl sites for hydroxylation is 1. The first kappa shape index (κ1) is 19.7. The first-order chi connectivity index (χ1) is 13.0. The lowest BCUT2D eigenvalue weighted by molar-refractivity contribution is 0.0926. The van der Waals surface area contributed by atoms with Crippen molar-refractivity contribution in [3.05, 3.63) is 45.6 Å². The number of carbonyl (C=O) groups excluding carboxylic acids is 1. The van der Waals surface area contributed by atoms with Gasteiger partial charge < -0.3 is 16.0 Å². The molecule has 2 aromatic rings. The molecular formula is C19H23Cl2N5O. The summed E-state index contributed by atoms with van der Waals surface area (Å²) in [6.07, 6.45) is 5.49. The zero-order valence-corrected chi connectivity index (χ0v) is 16.9. The fourth-order valence-corrected chi connectivity index (χ4v) is 3.53. The van der Waals surface area contributed by atoms with Crippen molar-refractivity contribution in [2.45, 2.75) is 44.7 Å². The number of nitrogens with zero attached hydrogens (tertiary/aromatic N) is 2. The Labute approximate surface area is 169 Å². The SMILES string of the molecule is CNc1nc(NC2CCC(NC(=O)c3ccc(Cl)c(Cl)c3)CC2)ncc1C. The molecule has 6 nitrogen and oxygen atoms in total. The molecule has 27 heavy (non-hydrogen) atoms. The maximum Gasteiger partial charge on any atom is 0.251 e. The maximum absolute atomic E-state index is 12.4. The molecule has 1 aromatic heterocycles. The van der Waals surface area contributed by atoms with Crippen molar-refractivity contribution in [1.82, 2.24) is 15.3 Å². The number of rotatable bonds is 5. The second kappa shape index (κ2) is 8.76. The zero-order chi connectivity index (χ0) is 19.4. The molecule has 1 heterocycles. The lowest BCUT2D eigenvalue weighted by atomic mass is 9.91. The molecular weight excluding hydrogens is 385 g/mol. The van der Waals surface area contributed by atoms with Gasteiger partial charge in [0.05, 0.1) is 10.0 Å². The molecule has 8 heteroatoms. The van der Waals surface area contributed by atoms with E-state index in [1.807, 2.05) is 20.2 Å². The zero-order valence-electron chi connectivity index (χ0n) is 15.4. The van der Waals surface area contributed by atoms with Crippen LogP contribution >= 0.6 is 23.2 Å². The molecule has 0 aliphatic heterocycles. The Kier molecular flexibility index (Phi) is 6.39. The molecule has 3 N–H and O–H groups in total. The number of halogens is 2. The van der Waals surface area contributed by atoms with Crippen LogP contribution in [0.25, 0.3) is 0 Å². The van der Waals surface area contributed by atoms with Gasteiger partial charge in [0.15, 0.2) is 0 Å². The number of benzene rings is 1. The normalized spacial score (nSPS) is 19.4. The van der Waals surface area contributed by atoms with Crippen LogP contribution < -0.4 is 16.0 Å². The van der Waals surface area contributed by atoms with Crippen LogP contribution in [0.1, 0.15) is 41.6 Å². The average molecular weight is 408 g/mol. The summed E-state index contributed by atoms with van der Waals surface area (Å²) in [7, 11) is 1.85. The van der Waals surface area contributed by atoms with Gasteiger partial charge in [0.25, 0.3) is 5.91 Å². The first-order valence-corrected chi connectivity index (χ1v) is 9.75. The van der Waals surface area contributed by atoms with Gasteiger partial charge in [-0.05, 0) is 50.8 Å². The summed E-state index contributed by atoms with van der Waals surface area (Å²) in [6, 6.07) is 5.37. The topological polar surface area (TPSA) is 78.9 Å². The Hall–Kier alpha value is -2.05. The summed E-state index contributed by atoms with van der Waals surface area (Å²) in [5.74, 6) is 1.34. The minimum absolute atomic E-state index is 0.120. The van der Waals surface area contributed by atoms with Crippen LogP contribution in [-0.4, -0.2) is 35.0 Å². The number of nitrogens with one attached hydrogen (secondary N) is 3. The molecule has 1 aliphatic carbocycles. The van der Waals surface area contributed by atoms with Crippen molar-refractivity contribution in [3.63, 3.8) is 0 Å². The predicted octanol–water partition coefficient (Wildman–Crippen LogP) is 4.29. The van der Waals surface area contributed by atoms with Gasteiger partial charge in [0.2, 0.25) is 5.95 Å². The summed E-state index contributed by atoms with van der Waals surface area (Å²) in [4.78, 5) is 21.2. The predicted molar refractivity (Wildman–Crippen MR) is 110 cm³/mol. The van der Waals surface area contributed by atoms with Crippen LogP contribution in [0.2, 0.25) is 10.0 Å². The van der Waals surface area contributed by atoms with Gasteiger partial charge in [-0.2, -0.15) is 4.98 Å². The molecule has 1 aliphatic rings. The van der Waals surface area contributed by atoms with Crippen LogP contribution in [0.3, 0.4) is 0 Å². The van der Waals surface area contributed by atoms with Crippen LogP contribution in [0.15, 0.2) is 24.4 Å². The summed E-state index contributed by atoms with van der Waals surface area (Å²) in [5.41, 5.74) is 1.54. The molecule has 1 fully saturated rings. The minimum atomic E-state index is -0.120. The molecule has 144 valence electrons. The first-order valence-electron chi connectivity index (χ1n) is 9.00. The van der Waals surface area contributed by atoms with Crippen LogP contribution in [0, 0.1) is 6.92 Å². The summed E-state index contributed by atoms with van der Waals surface area (Å²) in [5, 5.41) is 10.4. The van der Waals surface area contributed by atoms with E-state index in [1.165, 1.54) is 0 Å². The third-order valence-electron chi connectivity index (χ3n) is 4.79. The molecule has 0 unspecified atom stereocenters. The van der Waals surface area contributed by atoms with E-state index in [9.17, 15) is 4.79 Å². The Bertz CT molecular complexity index is 822. The molecule has 1 aromatic carbocycles. The van der Waals surface area contributed by atoms with E-state index in [-0.39, 0.29) is 11.9 Å². The maximum atomic E-state index is 12.4. The number of amides is 1. The number of hydrogen-bond acceptors (Lipinski definition) is 5. The largest absolute Gasteiger partial charge is 0.373 e. The monoisotopic (exact) mass is 407 g/mol. The van der Waals surface area contributed by atoms with E-state index in [1.54, 1.807) is 18.2 Å². The third-order valence-corrected chi connectivity index (χ3v) is 5.52. The molecule has 0 radical (unpaired) electrons.